The van der Waals surface area contributed by atoms with Crippen LogP contribution in [0.4, 0.5) is 5.69 Å². The molecule has 1 rings (SSSR count). The lowest BCUT2D eigenvalue weighted by atomic mass is 10.3. The molecule has 0 spiro atoms. The average Bonchev–Trinajstić information content (AvgIpc) is 2.04. The third-order valence-corrected chi connectivity index (χ3v) is 1.78. The van der Waals surface area contributed by atoms with Gasteiger partial charge in [-0.1, -0.05) is 0 Å². The van der Waals surface area contributed by atoms with E-state index in [0.29, 0.717) is 5.69 Å². The highest BCUT2D eigenvalue weighted by molar-refractivity contribution is 7.67. The Morgan fingerprint density at radius 3 is 2.31 bits per heavy atom. The van der Waals surface area contributed by atoms with Gasteiger partial charge in [-0.3, -0.25) is 0 Å². The quantitative estimate of drug-likeness (QED) is 0.546. The molecule has 1 aromatic rings. The zero-order valence-corrected chi connectivity index (χ0v) is 7.77. The van der Waals surface area contributed by atoms with Crippen LogP contribution in [-0.2, 0) is 15.3 Å². The van der Waals surface area contributed by atoms with E-state index < -0.39 is 11.0 Å². The maximum absolute atomic E-state index is 10.2. The zero-order chi connectivity index (χ0) is 9.84. The summed E-state index contributed by atoms with van der Waals surface area (Å²) in [5.74, 6) is 0.115. The van der Waals surface area contributed by atoms with Gasteiger partial charge in [0, 0.05) is 7.05 Å². The maximum Gasteiger partial charge on any atom is 0.277 e. The van der Waals surface area contributed by atoms with Gasteiger partial charge in [0.25, 0.3) is 11.0 Å². The van der Waals surface area contributed by atoms with Crippen molar-refractivity contribution >= 4 is 16.7 Å². The van der Waals surface area contributed by atoms with Crippen LogP contribution in [0, 0.1) is 0 Å². The lowest BCUT2D eigenvalue weighted by Gasteiger charge is -2.13. The third-order valence-electron chi connectivity index (χ3n) is 1.40. The number of nitrogens with zero attached hydrogens (tertiary/aromatic N) is 1. The van der Waals surface area contributed by atoms with Crippen molar-refractivity contribution in [3.63, 3.8) is 0 Å². The topological polar surface area (TPSA) is 66.8 Å². The molecule has 6 heteroatoms. The van der Waals surface area contributed by atoms with Gasteiger partial charge in [-0.25, -0.2) is 13.5 Å². The first-order valence-corrected chi connectivity index (χ1v) is 4.54. The number of phenolic OH excluding ortho intramolecular Hbond substituents is 1. The summed E-state index contributed by atoms with van der Waals surface area (Å²) in [4.78, 5) is 0. The van der Waals surface area contributed by atoms with Gasteiger partial charge in [-0.2, -0.15) is 4.28 Å². The van der Waals surface area contributed by atoms with Gasteiger partial charge in [-0.15, -0.1) is 0 Å². The molecule has 0 aliphatic heterocycles. The lowest BCUT2D eigenvalue weighted by molar-refractivity contribution is 0.320. The minimum Gasteiger partial charge on any atom is -0.508 e. The van der Waals surface area contributed by atoms with E-state index in [2.05, 4.69) is 4.28 Å². The fraction of sp³-hybridized carbons (Fsp3) is 0.143. The van der Waals surface area contributed by atoms with Crippen molar-refractivity contribution in [2.45, 2.75) is 0 Å². The lowest BCUT2D eigenvalue weighted by Crippen LogP contribution is -2.16. The Hall–Kier alpha value is -1.27. The smallest absolute Gasteiger partial charge is 0.277 e. The van der Waals surface area contributed by atoms with E-state index in [4.69, 9.17) is 5.11 Å². The summed E-state index contributed by atoms with van der Waals surface area (Å²) in [5.41, 5.74) is 0.539. The Labute approximate surface area is 77.3 Å². The van der Waals surface area contributed by atoms with E-state index in [1.807, 2.05) is 0 Å². The van der Waals surface area contributed by atoms with Crippen molar-refractivity contribution < 1.29 is 17.8 Å². The van der Waals surface area contributed by atoms with Crippen LogP contribution < -0.4 is 5.06 Å². The Morgan fingerprint density at radius 1 is 1.31 bits per heavy atom. The fourth-order valence-corrected chi connectivity index (χ4v) is 1.10. The molecule has 0 saturated carbocycles. The van der Waals surface area contributed by atoms with Gasteiger partial charge in [0.2, 0.25) is 0 Å². The summed E-state index contributed by atoms with van der Waals surface area (Å²) >= 11 is 0. The van der Waals surface area contributed by atoms with Gasteiger partial charge in [0.05, 0.1) is 5.69 Å². The van der Waals surface area contributed by atoms with Crippen molar-refractivity contribution in [2.24, 2.45) is 0 Å². The van der Waals surface area contributed by atoms with Gasteiger partial charge in [-0.05, 0) is 24.3 Å². The Bertz CT molecular complexity index is 338. The average molecular weight is 203 g/mol. The number of hydrogen-bond acceptors (Lipinski definition) is 5. The normalized spacial score (nSPS) is 10.3. The molecule has 0 amide bonds. The molecule has 0 unspecified atom stereocenters. The Kier molecular flexibility index (Phi) is 3.10. The fourth-order valence-electron chi connectivity index (χ4n) is 0.810. The number of aromatic hydroxyl groups is 1. The Morgan fingerprint density at radius 2 is 1.85 bits per heavy atom. The van der Waals surface area contributed by atoms with Crippen LogP contribution in [0.5, 0.6) is 5.75 Å². The predicted octanol–water partition coefficient (Wildman–Crippen LogP) is 0.286. The number of hydrogen-bond donors (Lipinski definition) is 2. The molecule has 0 aromatic heterocycles. The van der Waals surface area contributed by atoms with Crippen LogP contribution >= 0.6 is 0 Å². The molecule has 0 heterocycles. The van der Waals surface area contributed by atoms with Crippen molar-refractivity contribution in [1.82, 2.24) is 0 Å². The molecule has 0 atom stereocenters. The summed E-state index contributed by atoms with van der Waals surface area (Å²) in [6.45, 7) is 0. The predicted molar refractivity (Wildman–Crippen MR) is 47.9 cm³/mol. The molecular weight excluding hydrogens is 194 g/mol. The number of thiol groups is 1. The molecule has 0 radical (unpaired) electrons. The van der Waals surface area contributed by atoms with E-state index in [1.165, 1.54) is 31.3 Å². The molecule has 72 valence electrons. The first-order chi connectivity index (χ1) is 6.09. The maximum atomic E-state index is 10.2. The van der Waals surface area contributed by atoms with Crippen LogP contribution in [0.25, 0.3) is 0 Å². The largest absolute Gasteiger partial charge is 0.508 e. The second kappa shape index (κ2) is 4.11. The molecule has 1 N–H and O–H groups in total. The number of benzene rings is 1. The van der Waals surface area contributed by atoms with E-state index in [-0.39, 0.29) is 5.75 Å². The van der Waals surface area contributed by atoms with Gasteiger partial charge >= 0.3 is 0 Å². The first kappa shape index (κ1) is 9.82. The van der Waals surface area contributed by atoms with E-state index in [0.717, 1.165) is 5.06 Å². The van der Waals surface area contributed by atoms with Crippen LogP contribution in [0.2, 0.25) is 0 Å². The molecule has 0 aliphatic carbocycles. The second-order valence-electron chi connectivity index (χ2n) is 2.32. The second-order valence-corrected chi connectivity index (χ2v) is 2.93. The Balaban J connectivity index is 2.77. The van der Waals surface area contributed by atoms with E-state index in [1.54, 1.807) is 0 Å². The van der Waals surface area contributed by atoms with Gasteiger partial charge in [0.1, 0.15) is 5.75 Å². The van der Waals surface area contributed by atoms with Gasteiger partial charge < -0.3 is 5.11 Å². The van der Waals surface area contributed by atoms with Gasteiger partial charge in [0.15, 0.2) is 0 Å². The van der Waals surface area contributed by atoms with Crippen molar-refractivity contribution in [3.8, 4) is 5.75 Å². The number of phenols is 1. The molecule has 0 fully saturated rings. The van der Waals surface area contributed by atoms with Crippen LogP contribution in [-0.4, -0.2) is 20.6 Å². The van der Waals surface area contributed by atoms with Crippen molar-refractivity contribution in [1.29, 1.82) is 0 Å². The first-order valence-electron chi connectivity index (χ1n) is 3.45. The minimum atomic E-state index is -2.91. The number of rotatable bonds is 3. The highest BCUT2D eigenvalue weighted by atomic mass is 32.2. The number of anilines is 1. The summed E-state index contributed by atoms with van der Waals surface area (Å²) in [6.07, 6.45) is 0. The third kappa shape index (κ3) is 2.92. The molecule has 5 nitrogen and oxygen atoms in total. The minimum absolute atomic E-state index is 0.115. The van der Waals surface area contributed by atoms with Crippen LogP contribution in [0.3, 0.4) is 0 Å². The highest BCUT2D eigenvalue weighted by Crippen LogP contribution is 2.16. The van der Waals surface area contributed by atoms with Crippen molar-refractivity contribution in [3.05, 3.63) is 24.3 Å². The van der Waals surface area contributed by atoms with E-state index in [9.17, 15) is 8.42 Å². The highest BCUT2D eigenvalue weighted by Gasteiger charge is 2.01. The monoisotopic (exact) mass is 203 g/mol. The van der Waals surface area contributed by atoms with Crippen LogP contribution in [0.1, 0.15) is 0 Å². The molecule has 0 saturated heterocycles. The SMILES string of the molecule is CN(O[SH](=O)=O)c1ccc(O)cc1. The van der Waals surface area contributed by atoms with E-state index >= 15 is 0 Å². The standard InChI is InChI=1S/C7H9NO4S/c1-8(12-13(10)11)6-2-4-7(9)5-3-6/h2-5,9,13H,1H3. The molecule has 13 heavy (non-hydrogen) atoms. The molecule has 0 aliphatic rings. The van der Waals surface area contributed by atoms with Crippen LogP contribution in [0.15, 0.2) is 24.3 Å². The molecule has 1 aromatic carbocycles. The summed E-state index contributed by atoms with van der Waals surface area (Å²) < 4.78 is 24.7. The summed E-state index contributed by atoms with van der Waals surface area (Å²) in [5, 5.41) is 10.0. The number of hydroxylamine groups is 1. The zero-order valence-electron chi connectivity index (χ0n) is 6.88. The summed E-state index contributed by atoms with van der Waals surface area (Å²) in [7, 11) is -1.45. The summed E-state index contributed by atoms with van der Waals surface area (Å²) in [6, 6.07) is 5.95. The van der Waals surface area contributed by atoms with Crippen molar-refractivity contribution in [2.75, 3.05) is 12.1 Å². The molecular formula is C7H9NO4S. The molecule has 0 bridgehead atoms.